The van der Waals surface area contributed by atoms with E-state index in [1.165, 1.54) is 16.7 Å². The number of rotatable bonds is 3. The van der Waals surface area contributed by atoms with Crippen LogP contribution in [0.3, 0.4) is 0 Å². The summed E-state index contributed by atoms with van der Waals surface area (Å²) in [4.78, 5) is 25.2. The van der Waals surface area contributed by atoms with Gasteiger partial charge < -0.3 is 9.84 Å². The van der Waals surface area contributed by atoms with Crippen molar-refractivity contribution in [2.75, 3.05) is 6.54 Å². The van der Waals surface area contributed by atoms with Gasteiger partial charge in [-0.1, -0.05) is 45.9 Å². The molecule has 1 aromatic rings. The summed E-state index contributed by atoms with van der Waals surface area (Å²) >= 11 is 4.63. The lowest BCUT2D eigenvalue weighted by atomic mass is 10.2. The van der Waals surface area contributed by atoms with Gasteiger partial charge in [-0.2, -0.15) is 0 Å². The molecule has 0 aromatic heterocycles. The predicted molar refractivity (Wildman–Crippen MR) is 92.9 cm³/mol. The zero-order valence-electron chi connectivity index (χ0n) is 13.3. The van der Waals surface area contributed by atoms with Crippen molar-refractivity contribution < 1.29 is 19.4 Å². The highest BCUT2D eigenvalue weighted by Gasteiger charge is 2.55. The van der Waals surface area contributed by atoms with Crippen molar-refractivity contribution in [3.8, 4) is 0 Å². The van der Waals surface area contributed by atoms with Gasteiger partial charge in [-0.15, -0.1) is 0 Å². The van der Waals surface area contributed by atoms with Crippen LogP contribution < -0.4 is 0 Å². The SMILES string of the molecule is CC(C)(C)OC(=O)N1CC(Br)C[C@@]1(Sc1ccccc1)C(=O)O. The molecule has 1 aliphatic heterocycles. The van der Waals surface area contributed by atoms with Crippen molar-refractivity contribution in [3.05, 3.63) is 30.3 Å². The number of ether oxygens (including phenoxy) is 1. The number of hydrogen-bond acceptors (Lipinski definition) is 4. The molecular formula is C16H20BrNO4S. The maximum Gasteiger partial charge on any atom is 0.411 e. The van der Waals surface area contributed by atoms with Crippen molar-refractivity contribution in [1.82, 2.24) is 4.90 Å². The summed E-state index contributed by atoms with van der Waals surface area (Å²) in [5.74, 6) is -1.04. The third-order valence-electron chi connectivity index (χ3n) is 3.29. The number of halogens is 1. The van der Waals surface area contributed by atoms with E-state index in [2.05, 4.69) is 15.9 Å². The van der Waals surface area contributed by atoms with Crippen LogP contribution in [0.25, 0.3) is 0 Å². The van der Waals surface area contributed by atoms with Gasteiger partial charge in [-0.25, -0.2) is 9.59 Å². The van der Waals surface area contributed by atoms with Gasteiger partial charge in [0.05, 0.1) is 0 Å². The van der Waals surface area contributed by atoms with E-state index in [0.717, 1.165) is 4.90 Å². The second-order valence-corrected chi connectivity index (χ2v) is 9.04. The standard InChI is InChI=1S/C16H20BrNO4S/c1-15(2,3)22-14(21)18-10-11(17)9-16(18,13(19)20)23-12-7-5-4-6-8-12/h4-8,11H,9-10H2,1-3H3,(H,19,20)/t11?,16-/m1/s1. The normalized spacial score (nSPS) is 24.5. The molecule has 0 saturated carbocycles. The highest BCUT2D eigenvalue weighted by Crippen LogP contribution is 2.46. The number of carbonyl (C=O) groups excluding carboxylic acids is 1. The summed E-state index contributed by atoms with van der Waals surface area (Å²) < 4.78 is 5.40. The summed E-state index contributed by atoms with van der Waals surface area (Å²) in [6, 6.07) is 9.23. The molecular weight excluding hydrogens is 382 g/mol. The van der Waals surface area contributed by atoms with Crippen molar-refractivity contribution in [3.63, 3.8) is 0 Å². The number of nitrogens with zero attached hydrogens (tertiary/aromatic N) is 1. The molecule has 1 aromatic carbocycles. The summed E-state index contributed by atoms with van der Waals surface area (Å²) in [5.41, 5.74) is -0.677. The molecule has 2 atom stereocenters. The summed E-state index contributed by atoms with van der Waals surface area (Å²) in [6.07, 6.45) is -0.300. The first kappa shape index (κ1) is 18.1. The first-order chi connectivity index (χ1) is 10.6. The van der Waals surface area contributed by atoms with Crippen LogP contribution in [-0.4, -0.2) is 43.9 Å². The van der Waals surface area contributed by atoms with Crippen LogP contribution in [0.2, 0.25) is 0 Å². The molecule has 1 amide bonds. The van der Waals surface area contributed by atoms with Gasteiger partial charge in [0.1, 0.15) is 5.60 Å². The average Bonchev–Trinajstić information content (AvgIpc) is 2.76. The Bertz CT molecular complexity index is 589. The van der Waals surface area contributed by atoms with Gasteiger partial charge in [0, 0.05) is 22.7 Å². The summed E-state index contributed by atoms with van der Waals surface area (Å²) in [7, 11) is 0. The maximum atomic E-state index is 12.5. The van der Waals surface area contributed by atoms with Crippen LogP contribution in [-0.2, 0) is 9.53 Å². The van der Waals surface area contributed by atoms with Crippen molar-refractivity contribution in [2.45, 2.75) is 47.4 Å². The lowest BCUT2D eigenvalue weighted by Crippen LogP contribution is -2.52. The van der Waals surface area contributed by atoms with E-state index in [0.29, 0.717) is 13.0 Å². The smallest absolute Gasteiger partial charge is 0.411 e. The third-order valence-corrected chi connectivity index (χ3v) is 5.31. The molecule has 1 saturated heterocycles. The Morgan fingerprint density at radius 3 is 2.48 bits per heavy atom. The Morgan fingerprint density at radius 1 is 1.35 bits per heavy atom. The molecule has 0 spiro atoms. The number of aliphatic carboxylic acids is 1. The van der Waals surface area contributed by atoms with Crippen LogP contribution in [0.15, 0.2) is 35.2 Å². The number of alkyl halides is 1. The first-order valence-corrected chi connectivity index (χ1v) is 8.99. The minimum atomic E-state index is -1.38. The molecule has 23 heavy (non-hydrogen) atoms. The number of likely N-dealkylation sites (tertiary alicyclic amines) is 1. The summed E-state index contributed by atoms with van der Waals surface area (Å²) in [5, 5.41) is 9.87. The third kappa shape index (κ3) is 4.20. The fourth-order valence-corrected chi connectivity index (χ4v) is 4.67. The van der Waals surface area contributed by atoms with Crippen LogP contribution >= 0.6 is 27.7 Å². The summed E-state index contributed by atoms with van der Waals surface area (Å²) in [6.45, 7) is 5.58. The first-order valence-electron chi connectivity index (χ1n) is 7.26. The maximum absolute atomic E-state index is 12.5. The largest absolute Gasteiger partial charge is 0.479 e. The molecule has 7 heteroatoms. The van der Waals surface area contributed by atoms with E-state index in [9.17, 15) is 14.7 Å². The van der Waals surface area contributed by atoms with E-state index in [1.54, 1.807) is 20.8 Å². The van der Waals surface area contributed by atoms with E-state index < -0.39 is 22.5 Å². The second kappa shape index (κ2) is 6.73. The van der Waals surface area contributed by atoms with E-state index in [4.69, 9.17) is 4.74 Å². The quantitative estimate of drug-likeness (QED) is 0.776. The Labute approximate surface area is 148 Å². The number of carbonyl (C=O) groups is 2. The highest BCUT2D eigenvalue weighted by atomic mass is 79.9. The fraction of sp³-hybridized carbons (Fsp3) is 0.500. The molecule has 0 bridgehead atoms. The lowest BCUT2D eigenvalue weighted by Gasteiger charge is -2.35. The zero-order chi connectivity index (χ0) is 17.3. The Morgan fingerprint density at radius 2 is 1.96 bits per heavy atom. The Kier molecular flexibility index (Phi) is 5.30. The number of carboxylic acid groups (broad SMARTS) is 1. The predicted octanol–water partition coefficient (Wildman–Crippen LogP) is 3.96. The molecule has 1 heterocycles. The number of hydrogen-bond donors (Lipinski definition) is 1. The molecule has 5 nitrogen and oxygen atoms in total. The van der Waals surface area contributed by atoms with Crippen LogP contribution in [0.4, 0.5) is 4.79 Å². The second-order valence-electron chi connectivity index (χ2n) is 6.40. The van der Waals surface area contributed by atoms with Crippen molar-refractivity contribution in [1.29, 1.82) is 0 Å². The molecule has 0 radical (unpaired) electrons. The minimum Gasteiger partial charge on any atom is -0.479 e. The van der Waals surface area contributed by atoms with Gasteiger partial charge in [0.2, 0.25) is 0 Å². The van der Waals surface area contributed by atoms with Crippen molar-refractivity contribution in [2.24, 2.45) is 0 Å². The molecule has 1 N–H and O–H groups in total. The van der Waals surface area contributed by atoms with Gasteiger partial charge in [0.15, 0.2) is 4.87 Å². The molecule has 2 rings (SSSR count). The Balaban J connectivity index is 2.34. The highest BCUT2D eigenvalue weighted by molar-refractivity contribution is 9.09. The fourth-order valence-electron chi connectivity index (χ4n) is 2.39. The number of carboxylic acids is 1. The molecule has 1 fully saturated rings. The van der Waals surface area contributed by atoms with E-state index >= 15 is 0 Å². The zero-order valence-corrected chi connectivity index (χ0v) is 15.7. The molecule has 0 aliphatic carbocycles. The minimum absolute atomic E-state index is 0.0951. The van der Waals surface area contributed by atoms with Gasteiger partial charge >= 0.3 is 12.1 Å². The van der Waals surface area contributed by atoms with Crippen LogP contribution in [0.1, 0.15) is 27.2 Å². The number of benzene rings is 1. The van der Waals surface area contributed by atoms with Gasteiger partial charge in [0.25, 0.3) is 0 Å². The molecule has 126 valence electrons. The monoisotopic (exact) mass is 401 g/mol. The van der Waals surface area contributed by atoms with Crippen molar-refractivity contribution >= 4 is 39.8 Å². The number of amides is 1. The van der Waals surface area contributed by atoms with Gasteiger partial charge in [-0.05, 0) is 32.9 Å². The lowest BCUT2D eigenvalue weighted by molar-refractivity contribution is -0.143. The van der Waals surface area contributed by atoms with E-state index in [-0.39, 0.29) is 4.83 Å². The molecule has 1 unspecified atom stereocenters. The molecule has 1 aliphatic rings. The Hall–Kier alpha value is -1.21. The number of thioether (sulfide) groups is 1. The van der Waals surface area contributed by atoms with Gasteiger partial charge in [-0.3, -0.25) is 4.90 Å². The average molecular weight is 402 g/mol. The van der Waals surface area contributed by atoms with Crippen LogP contribution in [0.5, 0.6) is 0 Å². The van der Waals surface area contributed by atoms with Crippen LogP contribution in [0, 0.1) is 0 Å². The topological polar surface area (TPSA) is 66.8 Å². The van der Waals surface area contributed by atoms with E-state index in [1.807, 2.05) is 30.3 Å².